The number of nitrogens with two attached hydrogens (primary N) is 1. The fourth-order valence-corrected chi connectivity index (χ4v) is 6.14. The molecule has 2 unspecified atom stereocenters. The number of carbonyl (C=O) groups excluding carboxylic acids is 3. The van der Waals surface area contributed by atoms with Crippen molar-refractivity contribution in [1.29, 1.82) is 0 Å². The summed E-state index contributed by atoms with van der Waals surface area (Å²) in [5.41, 5.74) is 0.519. The highest BCUT2D eigenvalue weighted by Crippen LogP contribution is 2.58. The highest BCUT2D eigenvalue weighted by atomic mass is 16.4. The molecular weight excluding hydrogens is 444 g/mol. The second-order valence-electron chi connectivity index (χ2n) is 9.68. The van der Waals surface area contributed by atoms with E-state index in [9.17, 15) is 39.9 Å². The van der Waals surface area contributed by atoms with Crippen LogP contribution in [0.15, 0.2) is 35.1 Å². The smallest absolute Gasteiger partial charge is 0.255 e. The third-order valence-corrected chi connectivity index (χ3v) is 7.92. The Morgan fingerprint density at radius 3 is 2.32 bits per heavy atom. The van der Waals surface area contributed by atoms with Crippen LogP contribution in [0.1, 0.15) is 31.4 Å². The quantitative estimate of drug-likeness (QED) is 0.331. The summed E-state index contributed by atoms with van der Waals surface area (Å²) in [6.07, 6.45) is -1.26. The molecule has 0 heterocycles. The van der Waals surface area contributed by atoms with Crippen LogP contribution in [0.4, 0.5) is 0 Å². The molecular formula is C24H28N2O8. The number of amides is 1. The van der Waals surface area contributed by atoms with Gasteiger partial charge < -0.3 is 31.3 Å². The van der Waals surface area contributed by atoms with Gasteiger partial charge in [-0.1, -0.05) is 26.0 Å². The molecule has 0 radical (unpaired) electrons. The predicted octanol–water partition coefficient (Wildman–Crippen LogP) is 0.0600. The van der Waals surface area contributed by atoms with Crippen LogP contribution in [0, 0.1) is 11.8 Å². The molecule has 0 aliphatic heterocycles. The fraction of sp³-hybridized carbons (Fsp3) is 0.458. The Hall–Kier alpha value is -3.21. The van der Waals surface area contributed by atoms with E-state index in [-0.39, 0.29) is 11.3 Å². The van der Waals surface area contributed by atoms with E-state index in [0.717, 1.165) is 0 Å². The molecule has 3 aliphatic carbocycles. The molecule has 10 heteroatoms. The van der Waals surface area contributed by atoms with Gasteiger partial charge in [-0.15, -0.1) is 0 Å². The van der Waals surface area contributed by atoms with Gasteiger partial charge in [-0.25, -0.2) is 0 Å². The van der Waals surface area contributed by atoms with Gasteiger partial charge >= 0.3 is 0 Å². The van der Waals surface area contributed by atoms with Crippen molar-refractivity contribution >= 4 is 23.2 Å². The predicted molar refractivity (Wildman–Crippen MR) is 120 cm³/mol. The first-order chi connectivity index (χ1) is 15.8. The summed E-state index contributed by atoms with van der Waals surface area (Å²) in [7, 11) is 2.94. The van der Waals surface area contributed by atoms with Crippen molar-refractivity contribution < 1.29 is 39.9 Å². The van der Waals surface area contributed by atoms with Crippen molar-refractivity contribution in [2.24, 2.45) is 17.6 Å². The van der Waals surface area contributed by atoms with E-state index in [0.29, 0.717) is 12.0 Å². The Morgan fingerprint density at radius 1 is 1.18 bits per heavy atom. The second kappa shape index (κ2) is 7.39. The molecule has 6 atom stereocenters. The lowest BCUT2D eigenvalue weighted by Crippen LogP contribution is -2.71. The van der Waals surface area contributed by atoms with Gasteiger partial charge in [-0.3, -0.25) is 19.3 Å². The zero-order valence-electron chi connectivity index (χ0n) is 19.2. The van der Waals surface area contributed by atoms with Gasteiger partial charge in [0.05, 0.1) is 23.6 Å². The van der Waals surface area contributed by atoms with Crippen LogP contribution in [0.25, 0.3) is 5.76 Å². The lowest BCUT2D eigenvalue weighted by atomic mass is 9.50. The van der Waals surface area contributed by atoms with E-state index < -0.39 is 75.1 Å². The Morgan fingerprint density at radius 2 is 1.79 bits per heavy atom. The Kier molecular flexibility index (Phi) is 5.20. The Balaban J connectivity index is 2.12. The minimum absolute atomic E-state index is 0.0182. The van der Waals surface area contributed by atoms with Crippen molar-refractivity contribution in [2.75, 3.05) is 14.1 Å². The van der Waals surface area contributed by atoms with Crippen LogP contribution >= 0.6 is 0 Å². The molecule has 1 aromatic carbocycles. The molecule has 10 nitrogen and oxygen atoms in total. The lowest BCUT2D eigenvalue weighted by molar-refractivity contribution is -0.172. The number of phenolic OH excluding ortho intramolecular Hbond substituents is 1. The molecule has 4 rings (SSSR count). The molecule has 1 amide bonds. The summed E-state index contributed by atoms with van der Waals surface area (Å²) >= 11 is 0. The minimum Gasteiger partial charge on any atom is -0.508 e. The number of primary amides is 1. The van der Waals surface area contributed by atoms with E-state index >= 15 is 0 Å². The Labute approximate surface area is 195 Å². The molecule has 34 heavy (non-hydrogen) atoms. The van der Waals surface area contributed by atoms with Gasteiger partial charge in [-0.2, -0.15) is 0 Å². The Bertz CT molecular complexity index is 1200. The summed E-state index contributed by atoms with van der Waals surface area (Å²) in [6.45, 7) is 3.56. The first-order valence-electron chi connectivity index (χ1n) is 10.9. The molecule has 1 aromatic rings. The van der Waals surface area contributed by atoms with Gasteiger partial charge in [-0.05, 0) is 32.1 Å². The van der Waals surface area contributed by atoms with E-state index in [1.807, 2.05) is 6.92 Å². The number of hydrogen-bond donors (Lipinski definition) is 6. The van der Waals surface area contributed by atoms with Crippen LogP contribution < -0.4 is 5.73 Å². The topological polar surface area (TPSA) is 182 Å². The van der Waals surface area contributed by atoms with Crippen molar-refractivity contribution in [3.63, 3.8) is 0 Å². The largest absolute Gasteiger partial charge is 0.508 e. The number of hydrogen-bond acceptors (Lipinski definition) is 9. The number of ketones is 2. The minimum atomic E-state index is -2.91. The normalized spacial score (nSPS) is 35.3. The zero-order valence-corrected chi connectivity index (χ0v) is 19.2. The number of Topliss-reactive ketones (excluding diaryl/α,β-unsaturated/α-hetero) is 2. The van der Waals surface area contributed by atoms with Gasteiger partial charge in [0.1, 0.15) is 22.8 Å². The van der Waals surface area contributed by atoms with Crippen LogP contribution in [0.3, 0.4) is 0 Å². The molecule has 1 fully saturated rings. The number of aliphatic hydroxyl groups excluding tert-OH is 3. The summed E-state index contributed by atoms with van der Waals surface area (Å²) in [5.74, 6) is -8.31. The summed E-state index contributed by atoms with van der Waals surface area (Å²) < 4.78 is 0. The standard InChI is InChI=1S/C24H28N2O8/c1-5-23(2)9-7-6-8-10(27)11(9)17(28)12-14(23)19(30)15-16(26(3)4)18(29)13(22(25)33)21(32)24(15,34)20(12)31/h6-8,14-16,19,27-28,30,32,34H,5H2,1-4H3,(H2,25,33)/t14-,15-,16?,19+,23?,24+/m1/s1. The number of nitrogens with zero attached hydrogens (tertiary/aromatic N) is 1. The molecule has 0 saturated heterocycles. The molecule has 1 saturated carbocycles. The number of phenols is 1. The molecule has 3 aliphatic rings. The maximum absolute atomic E-state index is 13.9. The number of rotatable bonds is 3. The maximum Gasteiger partial charge on any atom is 0.255 e. The van der Waals surface area contributed by atoms with Gasteiger partial charge in [0, 0.05) is 16.9 Å². The van der Waals surface area contributed by atoms with E-state index in [1.54, 1.807) is 19.1 Å². The monoisotopic (exact) mass is 472 g/mol. The van der Waals surface area contributed by atoms with Crippen molar-refractivity contribution in [2.45, 2.75) is 43.4 Å². The average Bonchev–Trinajstić information content (AvgIpc) is 2.76. The van der Waals surface area contributed by atoms with Gasteiger partial charge in [0.25, 0.3) is 5.91 Å². The number of aromatic hydroxyl groups is 1. The van der Waals surface area contributed by atoms with Crippen molar-refractivity contribution in [1.82, 2.24) is 4.90 Å². The number of carbonyl (C=O) groups is 3. The number of fused-ring (bicyclic) bond motifs is 3. The van der Waals surface area contributed by atoms with Gasteiger partial charge in [0.15, 0.2) is 11.4 Å². The second-order valence-corrected chi connectivity index (χ2v) is 9.68. The molecule has 0 spiro atoms. The van der Waals surface area contributed by atoms with E-state index in [1.165, 1.54) is 25.1 Å². The molecule has 7 N–H and O–H groups in total. The molecule has 182 valence electrons. The number of benzene rings is 1. The summed E-state index contributed by atoms with van der Waals surface area (Å²) in [6, 6.07) is 3.20. The first-order valence-corrected chi connectivity index (χ1v) is 10.9. The summed E-state index contributed by atoms with van der Waals surface area (Å²) in [5, 5.41) is 55.9. The summed E-state index contributed by atoms with van der Waals surface area (Å²) in [4.78, 5) is 40.5. The van der Waals surface area contributed by atoms with Crippen LogP contribution in [-0.4, -0.2) is 79.7 Å². The van der Waals surface area contributed by atoms with Gasteiger partial charge in [0.2, 0.25) is 5.78 Å². The van der Waals surface area contributed by atoms with Crippen molar-refractivity contribution in [3.05, 3.63) is 46.2 Å². The lowest BCUT2D eigenvalue weighted by Gasteiger charge is -2.56. The molecule has 0 aromatic heterocycles. The van der Waals surface area contributed by atoms with E-state index in [2.05, 4.69) is 0 Å². The van der Waals surface area contributed by atoms with Crippen LogP contribution in [0.2, 0.25) is 0 Å². The third kappa shape index (κ3) is 2.64. The molecule has 0 bridgehead atoms. The van der Waals surface area contributed by atoms with Crippen molar-refractivity contribution in [3.8, 4) is 5.75 Å². The fourth-order valence-electron chi connectivity index (χ4n) is 6.14. The third-order valence-electron chi connectivity index (χ3n) is 7.92. The number of likely N-dealkylation sites (N-methyl/N-ethyl adjacent to an activating group) is 1. The highest BCUT2D eigenvalue weighted by Gasteiger charge is 2.69. The maximum atomic E-state index is 13.9. The SMILES string of the molecule is CCC1(C)c2cccc(O)c2C(O)=C2C(=O)[C@]3(O)C(O)=C(C(N)=O)C(=O)C(N(C)C)[C@@H]3[C@@H](O)[C@@H]21. The average molecular weight is 472 g/mol. The number of aliphatic hydroxyl groups is 4. The van der Waals surface area contributed by atoms with Crippen LogP contribution in [-0.2, 0) is 19.8 Å². The van der Waals surface area contributed by atoms with E-state index in [4.69, 9.17) is 5.73 Å². The first kappa shape index (κ1) is 23.9. The zero-order chi connectivity index (χ0) is 25.5. The van der Waals surface area contributed by atoms with Crippen LogP contribution in [0.5, 0.6) is 5.75 Å². The highest BCUT2D eigenvalue weighted by molar-refractivity contribution is 6.24.